The Balaban J connectivity index is 1.59. The van der Waals surface area contributed by atoms with E-state index in [1.165, 1.54) is 18.3 Å². The Hall–Kier alpha value is -3.81. The van der Waals surface area contributed by atoms with Gasteiger partial charge in [0.25, 0.3) is 11.5 Å². The number of benzene rings is 2. The van der Waals surface area contributed by atoms with Crippen LogP contribution in [0.15, 0.2) is 52.4 Å². The van der Waals surface area contributed by atoms with Crippen molar-refractivity contribution in [3.63, 3.8) is 0 Å². The van der Waals surface area contributed by atoms with Gasteiger partial charge in [-0.3, -0.25) is 9.59 Å². The number of aromatic nitrogens is 1. The normalized spacial score (nSPS) is 12.6. The smallest absolute Gasteiger partial charge is 0.275 e. The second-order valence-electron chi connectivity index (χ2n) is 5.56. The molecule has 2 aromatic carbocycles. The zero-order valence-electron chi connectivity index (χ0n) is 13.4. The fraction of sp³-hybridized carbons (Fsp3) is 0.0556. The number of para-hydroxylation sites is 1. The van der Waals surface area contributed by atoms with Crippen molar-refractivity contribution in [2.75, 3.05) is 6.79 Å². The van der Waals surface area contributed by atoms with Gasteiger partial charge in [0.15, 0.2) is 11.5 Å². The second-order valence-corrected chi connectivity index (χ2v) is 5.56. The molecule has 0 saturated heterocycles. The summed E-state index contributed by atoms with van der Waals surface area (Å²) in [5.41, 5.74) is 2.87. The standard InChI is InChI=1S/C18H13N3O5/c22-14-4-2-1-3-12(14)18(24)21-19-8-11-5-10-6-15-16(26-9-25-15)7-13(10)20-17(11)23/h1-8,22H,9H2,(H,20,23)(H,21,24)/b19-8-. The van der Waals surface area contributed by atoms with Gasteiger partial charge < -0.3 is 19.6 Å². The number of fused-ring (bicyclic) bond motifs is 2. The van der Waals surface area contributed by atoms with Gasteiger partial charge in [-0.25, -0.2) is 5.43 Å². The highest BCUT2D eigenvalue weighted by Crippen LogP contribution is 2.35. The third kappa shape index (κ3) is 2.84. The fourth-order valence-corrected chi connectivity index (χ4v) is 2.60. The van der Waals surface area contributed by atoms with Crippen molar-refractivity contribution in [2.24, 2.45) is 5.10 Å². The first-order valence-electron chi connectivity index (χ1n) is 7.70. The van der Waals surface area contributed by atoms with Gasteiger partial charge in [0.1, 0.15) is 5.75 Å². The summed E-state index contributed by atoms with van der Waals surface area (Å²) in [6, 6.07) is 11.2. The van der Waals surface area contributed by atoms with Crippen molar-refractivity contribution in [1.82, 2.24) is 10.4 Å². The first-order valence-corrected chi connectivity index (χ1v) is 7.70. The minimum absolute atomic E-state index is 0.0878. The third-order valence-electron chi connectivity index (χ3n) is 3.88. The maximum atomic E-state index is 12.2. The van der Waals surface area contributed by atoms with Crippen LogP contribution in [0.3, 0.4) is 0 Å². The summed E-state index contributed by atoms with van der Waals surface area (Å²) in [5.74, 6) is 0.435. The SMILES string of the molecule is O=C(N/N=C\c1cc2cc3c(cc2[nH]c1=O)OCO3)c1ccccc1O. The quantitative estimate of drug-likeness (QED) is 0.491. The second kappa shape index (κ2) is 6.25. The summed E-state index contributed by atoms with van der Waals surface area (Å²) < 4.78 is 10.6. The number of hydrogen-bond donors (Lipinski definition) is 3. The van der Waals surface area contributed by atoms with Gasteiger partial charge in [-0.15, -0.1) is 0 Å². The lowest BCUT2D eigenvalue weighted by atomic mass is 10.1. The van der Waals surface area contributed by atoms with Crippen LogP contribution in [0, 0.1) is 0 Å². The molecule has 8 nitrogen and oxygen atoms in total. The molecule has 3 N–H and O–H groups in total. The number of phenolic OH excluding ortho intramolecular Hbond substituents is 1. The molecule has 8 heteroatoms. The molecular weight excluding hydrogens is 338 g/mol. The van der Waals surface area contributed by atoms with E-state index < -0.39 is 5.91 Å². The molecule has 1 aromatic heterocycles. The van der Waals surface area contributed by atoms with Crippen LogP contribution in [-0.4, -0.2) is 29.0 Å². The van der Waals surface area contributed by atoms with E-state index in [0.717, 1.165) is 5.39 Å². The number of ether oxygens (including phenoxy) is 2. The van der Waals surface area contributed by atoms with E-state index in [0.29, 0.717) is 17.0 Å². The zero-order chi connectivity index (χ0) is 18.1. The number of H-pyrrole nitrogens is 1. The van der Waals surface area contributed by atoms with Gasteiger partial charge >= 0.3 is 0 Å². The molecule has 2 heterocycles. The summed E-state index contributed by atoms with van der Waals surface area (Å²) in [6.07, 6.45) is 1.24. The largest absolute Gasteiger partial charge is 0.507 e. The number of amides is 1. The molecule has 26 heavy (non-hydrogen) atoms. The Kier molecular flexibility index (Phi) is 3.77. The zero-order valence-corrected chi connectivity index (χ0v) is 13.4. The van der Waals surface area contributed by atoms with E-state index in [-0.39, 0.29) is 29.2 Å². The lowest BCUT2D eigenvalue weighted by Gasteiger charge is -2.03. The molecule has 0 bridgehead atoms. The summed E-state index contributed by atoms with van der Waals surface area (Å²) in [5, 5.41) is 14.2. The minimum atomic E-state index is -0.583. The van der Waals surface area contributed by atoms with Crippen LogP contribution in [0.2, 0.25) is 0 Å². The highest BCUT2D eigenvalue weighted by atomic mass is 16.7. The summed E-state index contributed by atoms with van der Waals surface area (Å²) in [6.45, 7) is 0.141. The number of nitrogens with zero attached hydrogens (tertiary/aromatic N) is 1. The van der Waals surface area contributed by atoms with Crippen molar-refractivity contribution in [3.05, 3.63) is 63.9 Å². The number of rotatable bonds is 3. The number of hydrazone groups is 1. The Morgan fingerprint density at radius 2 is 1.96 bits per heavy atom. The average molecular weight is 351 g/mol. The molecule has 0 atom stereocenters. The molecule has 3 aromatic rings. The molecule has 4 rings (SSSR count). The van der Waals surface area contributed by atoms with Crippen molar-refractivity contribution < 1.29 is 19.4 Å². The predicted octanol–water partition coefficient (Wildman–Crippen LogP) is 1.73. The van der Waals surface area contributed by atoms with Gasteiger partial charge in [-0.05, 0) is 24.3 Å². The molecular formula is C18H13N3O5. The number of aromatic hydroxyl groups is 1. The van der Waals surface area contributed by atoms with E-state index in [1.54, 1.807) is 30.3 Å². The van der Waals surface area contributed by atoms with Gasteiger partial charge in [-0.2, -0.15) is 5.10 Å². The van der Waals surface area contributed by atoms with Crippen LogP contribution >= 0.6 is 0 Å². The minimum Gasteiger partial charge on any atom is -0.507 e. The number of carbonyl (C=O) groups excluding carboxylic acids is 1. The summed E-state index contributed by atoms with van der Waals surface area (Å²) in [7, 11) is 0. The number of phenols is 1. The first kappa shape index (κ1) is 15.7. The van der Waals surface area contributed by atoms with Crippen molar-refractivity contribution in [3.8, 4) is 17.2 Å². The Morgan fingerprint density at radius 3 is 2.77 bits per heavy atom. The molecule has 130 valence electrons. The Bertz CT molecular complexity index is 1100. The van der Waals surface area contributed by atoms with E-state index in [9.17, 15) is 14.7 Å². The number of pyridine rings is 1. The van der Waals surface area contributed by atoms with E-state index in [4.69, 9.17) is 9.47 Å². The number of aromatic amines is 1. The molecule has 0 radical (unpaired) electrons. The molecule has 0 aliphatic carbocycles. The molecule has 0 saturated carbocycles. The summed E-state index contributed by atoms with van der Waals surface area (Å²) >= 11 is 0. The molecule has 0 spiro atoms. The average Bonchev–Trinajstić information content (AvgIpc) is 3.07. The first-order chi connectivity index (χ1) is 12.6. The van der Waals surface area contributed by atoms with Gasteiger partial charge in [-0.1, -0.05) is 12.1 Å². The maximum absolute atomic E-state index is 12.2. The Morgan fingerprint density at radius 1 is 1.19 bits per heavy atom. The number of carbonyl (C=O) groups is 1. The summed E-state index contributed by atoms with van der Waals surface area (Å²) in [4.78, 5) is 26.9. The molecule has 0 fully saturated rings. The molecule has 1 aliphatic heterocycles. The van der Waals surface area contributed by atoms with Crippen LogP contribution < -0.4 is 20.5 Å². The topological polar surface area (TPSA) is 113 Å². The van der Waals surface area contributed by atoms with E-state index >= 15 is 0 Å². The van der Waals surface area contributed by atoms with Gasteiger partial charge in [0.2, 0.25) is 6.79 Å². The number of hydrogen-bond acceptors (Lipinski definition) is 6. The monoisotopic (exact) mass is 351 g/mol. The number of nitrogens with one attached hydrogen (secondary N) is 2. The van der Waals surface area contributed by atoms with Crippen molar-refractivity contribution in [2.45, 2.75) is 0 Å². The molecule has 0 unspecified atom stereocenters. The van der Waals surface area contributed by atoms with Crippen molar-refractivity contribution >= 4 is 23.0 Å². The maximum Gasteiger partial charge on any atom is 0.275 e. The predicted molar refractivity (Wildman–Crippen MR) is 93.9 cm³/mol. The Labute approximate surface area is 146 Å². The lowest BCUT2D eigenvalue weighted by Crippen LogP contribution is -2.19. The van der Waals surface area contributed by atoms with Crippen LogP contribution in [0.1, 0.15) is 15.9 Å². The van der Waals surface area contributed by atoms with Crippen molar-refractivity contribution in [1.29, 1.82) is 0 Å². The van der Waals surface area contributed by atoms with Gasteiger partial charge in [0, 0.05) is 11.5 Å². The van der Waals surface area contributed by atoms with Gasteiger partial charge in [0.05, 0.1) is 22.9 Å². The lowest BCUT2D eigenvalue weighted by molar-refractivity contribution is 0.0952. The highest BCUT2D eigenvalue weighted by Gasteiger charge is 2.15. The fourth-order valence-electron chi connectivity index (χ4n) is 2.60. The third-order valence-corrected chi connectivity index (χ3v) is 3.88. The molecule has 1 aliphatic rings. The molecule has 1 amide bonds. The van der Waals surface area contributed by atoms with Crippen LogP contribution in [0.5, 0.6) is 17.2 Å². The van der Waals surface area contributed by atoms with E-state index in [2.05, 4.69) is 15.5 Å². The highest BCUT2D eigenvalue weighted by molar-refractivity contribution is 5.97. The van der Waals surface area contributed by atoms with Crippen LogP contribution in [0.4, 0.5) is 0 Å². The van der Waals surface area contributed by atoms with Crippen LogP contribution in [-0.2, 0) is 0 Å². The van der Waals surface area contributed by atoms with E-state index in [1.807, 2.05) is 0 Å². The van der Waals surface area contributed by atoms with Crippen LogP contribution in [0.25, 0.3) is 10.9 Å².